The van der Waals surface area contributed by atoms with Gasteiger partial charge in [-0.05, 0) is 17.4 Å². The minimum absolute atomic E-state index is 0.273. The van der Waals surface area contributed by atoms with Crippen LogP contribution in [0.2, 0.25) is 0 Å². The lowest BCUT2D eigenvalue weighted by Crippen LogP contribution is -2.26. The summed E-state index contributed by atoms with van der Waals surface area (Å²) in [6, 6.07) is 7.97. The smallest absolute Gasteiger partial charge is 0.310 e. The molecule has 1 unspecified atom stereocenters. The topological polar surface area (TPSA) is 65.2 Å². The van der Waals surface area contributed by atoms with Crippen molar-refractivity contribution in [2.45, 2.75) is 6.42 Å². The van der Waals surface area contributed by atoms with Crippen LogP contribution in [-0.2, 0) is 16.0 Å². The average Bonchev–Trinajstić information content (AvgIpc) is 2.44. The maximum atomic E-state index is 11.6. The van der Waals surface area contributed by atoms with Gasteiger partial charge in [0, 0.05) is 24.3 Å². The molecule has 0 spiro atoms. The first-order chi connectivity index (χ1) is 8.76. The lowest BCUT2D eigenvalue weighted by molar-refractivity contribution is -0.145. The summed E-state index contributed by atoms with van der Waals surface area (Å²) in [5.74, 6) is -0.590. The van der Waals surface area contributed by atoms with Crippen molar-refractivity contribution >= 4 is 16.7 Å². The molecular formula is C14H16N2O2. The molecule has 0 aliphatic rings. The number of carbonyl (C=O) groups excluding carboxylic acids is 1. The number of nitrogens with zero attached hydrogens (tertiary/aromatic N) is 1. The Hall–Kier alpha value is -1.94. The molecule has 18 heavy (non-hydrogen) atoms. The minimum atomic E-state index is -0.317. The Balaban J connectivity index is 2.33. The van der Waals surface area contributed by atoms with Gasteiger partial charge in [-0.15, -0.1) is 0 Å². The second kappa shape index (κ2) is 5.60. The molecule has 1 aromatic carbocycles. The molecule has 0 fully saturated rings. The van der Waals surface area contributed by atoms with Crippen LogP contribution in [0.5, 0.6) is 0 Å². The highest BCUT2D eigenvalue weighted by molar-refractivity contribution is 5.85. The van der Waals surface area contributed by atoms with Gasteiger partial charge in [0.25, 0.3) is 0 Å². The van der Waals surface area contributed by atoms with Crippen molar-refractivity contribution in [2.24, 2.45) is 11.7 Å². The van der Waals surface area contributed by atoms with Gasteiger partial charge in [0.15, 0.2) is 0 Å². The highest BCUT2D eigenvalue weighted by Crippen LogP contribution is 2.20. The summed E-state index contributed by atoms with van der Waals surface area (Å²) < 4.78 is 4.75. The van der Waals surface area contributed by atoms with Crippen molar-refractivity contribution in [3.63, 3.8) is 0 Å². The molecule has 1 atom stereocenters. The Morgan fingerprint density at radius 1 is 1.39 bits per heavy atom. The lowest BCUT2D eigenvalue weighted by Gasteiger charge is -2.13. The predicted molar refractivity (Wildman–Crippen MR) is 70.0 cm³/mol. The van der Waals surface area contributed by atoms with Crippen LogP contribution in [0.15, 0.2) is 36.7 Å². The molecule has 0 radical (unpaired) electrons. The Morgan fingerprint density at radius 3 is 2.89 bits per heavy atom. The maximum Gasteiger partial charge on any atom is 0.310 e. The highest BCUT2D eigenvalue weighted by atomic mass is 16.5. The number of methoxy groups -OCH3 is 1. The van der Waals surface area contributed by atoms with Gasteiger partial charge in [-0.1, -0.05) is 24.3 Å². The third kappa shape index (κ3) is 2.49. The molecule has 4 nitrogen and oxygen atoms in total. The monoisotopic (exact) mass is 244 g/mol. The van der Waals surface area contributed by atoms with E-state index in [9.17, 15) is 4.79 Å². The molecule has 0 saturated heterocycles. The van der Waals surface area contributed by atoms with Crippen LogP contribution in [-0.4, -0.2) is 24.6 Å². The van der Waals surface area contributed by atoms with E-state index in [2.05, 4.69) is 4.98 Å². The number of rotatable bonds is 4. The molecule has 2 rings (SSSR count). The summed E-state index contributed by atoms with van der Waals surface area (Å²) in [6.07, 6.45) is 4.15. The zero-order valence-corrected chi connectivity index (χ0v) is 10.3. The largest absolute Gasteiger partial charge is 0.469 e. The highest BCUT2D eigenvalue weighted by Gasteiger charge is 2.18. The number of carbonyl (C=O) groups is 1. The normalized spacial score (nSPS) is 12.3. The predicted octanol–water partition coefficient (Wildman–Crippen LogP) is 1.53. The van der Waals surface area contributed by atoms with Crippen molar-refractivity contribution in [1.29, 1.82) is 0 Å². The Morgan fingerprint density at radius 2 is 2.17 bits per heavy atom. The van der Waals surface area contributed by atoms with E-state index in [1.807, 2.05) is 30.5 Å². The van der Waals surface area contributed by atoms with Crippen molar-refractivity contribution in [2.75, 3.05) is 13.7 Å². The zero-order valence-electron chi connectivity index (χ0n) is 10.3. The molecule has 0 bridgehead atoms. The van der Waals surface area contributed by atoms with E-state index in [1.165, 1.54) is 7.11 Å². The summed E-state index contributed by atoms with van der Waals surface area (Å²) in [4.78, 5) is 15.8. The SMILES string of the molecule is COC(=O)C(CN)Cc1cncc2ccccc12. The summed E-state index contributed by atoms with van der Waals surface area (Å²) in [7, 11) is 1.38. The quantitative estimate of drug-likeness (QED) is 0.828. The number of fused-ring (bicyclic) bond motifs is 1. The van der Waals surface area contributed by atoms with Gasteiger partial charge in [0.05, 0.1) is 13.0 Å². The van der Waals surface area contributed by atoms with Crippen molar-refractivity contribution in [3.8, 4) is 0 Å². The fourth-order valence-corrected chi connectivity index (χ4v) is 2.04. The lowest BCUT2D eigenvalue weighted by atomic mass is 9.97. The average molecular weight is 244 g/mol. The Labute approximate surface area is 106 Å². The van der Waals surface area contributed by atoms with Crippen molar-refractivity contribution in [1.82, 2.24) is 4.98 Å². The summed E-state index contributed by atoms with van der Waals surface area (Å²) in [5.41, 5.74) is 6.64. The van der Waals surface area contributed by atoms with Crippen LogP contribution in [0, 0.1) is 5.92 Å². The van der Waals surface area contributed by atoms with Crippen LogP contribution in [0.1, 0.15) is 5.56 Å². The fourth-order valence-electron chi connectivity index (χ4n) is 2.04. The van der Waals surface area contributed by atoms with Gasteiger partial charge in [-0.25, -0.2) is 0 Å². The van der Waals surface area contributed by atoms with Crippen LogP contribution >= 0.6 is 0 Å². The Bertz CT molecular complexity index is 549. The molecule has 2 N–H and O–H groups in total. The number of ether oxygens (including phenoxy) is 1. The molecule has 94 valence electrons. The van der Waals surface area contributed by atoms with Crippen molar-refractivity contribution in [3.05, 3.63) is 42.2 Å². The fraction of sp³-hybridized carbons (Fsp3) is 0.286. The van der Waals surface area contributed by atoms with Crippen LogP contribution < -0.4 is 5.73 Å². The van der Waals surface area contributed by atoms with E-state index in [0.29, 0.717) is 6.42 Å². The zero-order chi connectivity index (χ0) is 13.0. The number of aromatic nitrogens is 1. The van der Waals surface area contributed by atoms with Crippen molar-refractivity contribution < 1.29 is 9.53 Å². The minimum Gasteiger partial charge on any atom is -0.469 e. The van der Waals surface area contributed by atoms with Gasteiger partial charge in [-0.2, -0.15) is 0 Å². The van der Waals surface area contributed by atoms with E-state index in [4.69, 9.17) is 10.5 Å². The summed E-state index contributed by atoms with van der Waals surface area (Å²) >= 11 is 0. The standard InChI is InChI=1S/C14H16N2O2/c1-18-14(17)11(7-15)6-12-9-16-8-10-4-2-3-5-13(10)12/h2-5,8-9,11H,6-7,15H2,1H3. The number of hydrogen-bond acceptors (Lipinski definition) is 4. The number of esters is 1. The first-order valence-electron chi connectivity index (χ1n) is 5.85. The second-order valence-electron chi connectivity index (χ2n) is 4.18. The molecule has 1 heterocycles. The molecular weight excluding hydrogens is 228 g/mol. The first-order valence-corrected chi connectivity index (χ1v) is 5.85. The second-order valence-corrected chi connectivity index (χ2v) is 4.18. The molecule has 0 aliphatic heterocycles. The van der Waals surface area contributed by atoms with Gasteiger partial charge < -0.3 is 10.5 Å². The van der Waals surface area contributed by atoms with E-state index in [0.717, 1.165) is 16.3 Å². The van der Waals surface area contributed by atoms with Gasteiger partial charge in [0.2, 0.25) is 0 Å². The Kier molecular flexibility index (Phi) is 3.89. The number of pyridine rings is 1. The van der Waals surface area contributed by atoms with Gasteiger partial charge in [0.1, 0.15) is 0 Å². The van der Waals surface area contributed by atoms with E-state index in [-0.39, 0.29) is 18.4 Å². The molecule has 0 aliphatic carbocycles. The van der Waals surface area contributed by atoms with Gasteiger partial charge in [-0.3, -0.25) is 9.78 Å². The third-order valence-corrected chi connectivity index (χ3v) is 3.04. The molecule has 0 saturated carbocycles. The third-order valence-electron chi connectivity index (χ3n) is 3.04. The first kappa shape index (κ1) is 12.5. The summed E-state index contributed by atoms with van der Waals surface area (Å²) in [6.45, 7) is 0.274. The van der Waals surface area contributed by atoms with E-state index >= 15 is 0 Å². The van der Waals surface area contributed by atoms with E-state index < -0.39 is 0 Å². The van der Waals surface area contributed by atoms with Crippen LogP contribution in [0.3, 0.4) is 0 Å². The molecule has 0 amide bonds. The number of hydrogen-bond donors (Lipinski definition) is 1. The molecule has 2 aromatic rings. The van der Waals surface area contributed by atoms with E-state index in [1.54, 1.807) is 6.20 Å². The summed E-state index contributed by atoms with van der Waals surface area (Å²) in [5, 5.41) is 2.17. The molecule has 1 aromatic heterocycles. The molecule has 4 heteroatoms. The maximum absolute atomic E-state index is 11.6. The van der Waals surface area contributed by atoms with Gasteiger partial charge >= 0.3 is 5.97 Å². The number of nitrogens with two attached hydrogens (primary N) is 1. The number of benzene rings is 1. The van der Waals surface area contributed by atoms with Crippen LogP contribution in [0.4, 0.5) is 0 Å². The van der Waals surface area contributed by atoms with Crippen LogP contribution in [0.25, 0.3) is 10.8 Å².